The van der Waals surface area contributed by atoms with Gasteiger partial charge in [-0.25, -0.2) is 4.99 Å². The molecular formula is C57H42N4. The Labute approximate surface area is 355 Å². The summed E-state index contributed by atoms with van der Waals surface area (Å²) < 4.78 is 2.47. The second kappa shape index (κ2) is 15.4. The zero-order valence-electron chi connectivity index (χ0n) is 33.7. The van der Waals surface area contributed by atoms with Crippen LogP contribution in [0.1, 0.15) is 34.4 Å². The molecule has 1 aromatic heterocycles. The lowest BCUT2D eigenvalue weighted by molar-refractivity contribution is 0.888. The van der Waals surface area contributed by atoms with E-state index >= 15 is 0 Å². The third-order valence-corrected chi connectivity index (χ3v) is 12.1. The Morgan fingerprint density at radius 2 is 1.16 bits per heavy atom. The monoisotopic (exact) mass is 782 g/mol. The number of nitrogens with two attached hydrogens (primary N) is 1. The lowest BCUT2D eigenvalue weighted by atomic mass is 9.88. The van der Waals surface area contributed by atoms with E-state index in [1.54, 1.807) is 0 Å². The van der Waals surface area contributed by atoms with Crippen LogP contribution in [0.15, 0.2) is 210 Å². The van der Waals surface area contributed by atoms with Crippen LogP contribution in [0, 0.1) is 0 Å². The van der Waals surface area contributed by atoms with Gasteiger partial charge >= 0.3 is 0 Å². The number of amidine groups is 2. The van der Waals surface area contributed by atoms with Gasteiger partial charge in [-0.2, -0.15) is 0 Å². The van der Waals surface area contributed by atoms with Crippen LogP contribution in [0.25, 0.3) is 77.2 Å². The van der Waals surface area contributed by atoms with E-state index in [0.29, 0.717) is 18.2 Å². The zero-order chi connectivity index (χ0) is 40.7. The third kappa shape index (κ3) is 6.59. The highest BCUT2D eigenvalue weighted by Crippen LogP contribution is 2.43. The van der Waals surface area contributed by atoms with Crippen molar-refractivity contribution in [2.45, 2.75) is 19.4 Å². The first kappa shape index (κ1) is 36.3. The SMILES string of the molecule is NC(=NC(=NCc1ccccc1)c1cccc(-c2cccc3c4ccccc4c4cc(-c5ccc6c7c(n(-c8ccccc8)c6c5)CCC=C7)ccc4c23)c1)c1ccccc1. The Balaban J connectivity index is 1.07. The van der Waals surface area contributed by atoms with Crippen LogP contribution in [-0.4, -0.2) is 16.2 Å². The first-order valence-electron chi connectivity index (χ1n) is 21.0. The highest BCUT2D eigenvalue weighted by molar-refractivity contribution is 6.29. The van der Waals surface area contributed by atoms with Gasteiger partial charge in [-0.1, -0.05) is 176 Å². The van der Waals surface area contributed by atoms with E-state index in [9.17, 15) is 0 Å². The van der Waals surface area contributed by atoms with Crippen molar-refractivity contribution in [2.24, 2.45) is 15.7 Å². The number of hydrogen-bond donors (Lipinski definition) is 1. The molecule has 0 bridgehead atoms. The molecule has 0 radical (unpaired) electrons. The normalized spacial score (nSPS) is 13.0. The van der Waals surface area contributed by atoms with Crippen LogP contribution in [-0.2, 0) is 13.0 Å². The van der Waals surface area contributed by atoms with E-state index in [2.05, 4.69) is 162 Å². The zero-order valence-corrected chi connectivity index (χ0v) is 33.7. The Bertz CT molecular complexity index is 3370. The van der Waals surface area contributed by atoms with Gasteiger partial charge in [0.05, 0.1) is 12.1 Å². The van der Waals surface area contributed by atoms with Gasteiger partial charge in [-0.15, -0.1) is 0 Å². The second-order valence-electron chi connectivity index (χ2n) is 15.8. The summed E-state index contributed by atoms with van der Waals surface area (Å²) in [6.45, 7) is 0.490. The van der Waals surface area contributed by atoms with E-state index < -0.39 is 0 Å². The van der Waals surface area contributed by atoms with Crippen molar-refractivity contribution >= 4 is 61.0 Å². The molecular weight excluding hydrogens is 741 g/mol. The van der Waals surface area contributed by atoms with Crippen LogP contribution < -0.4 is 5.73 Å². The summed E-state index contributed by atoms with van der Waals surface area (Å²) in [5.41, 5.74) is 19.3. The Hall–Kier alpha value is -7.82. The molecule has 10 aromatic rings. The maximum atomic E-state index is 6.64. The van der Waals surface area contributed by atoms with Gasteiger partial charge in [-0.05, 0) is 103 Å². The molecule has 0 unspecified atom stereocenters. The summed E-state index contributed by atoms with van der Waals surface area (Å²) in [5, 5.41) is 8.68. The number of benzene rings is 9. The van der Waals surface area contributed by atoms with Crippen LogP contribution >= 0.6 is 0 Å². The topological polar surface area (TPSA) is 55.7 Å². The lowest BCUT2D eigenvalue weighted by Gasteiger charge is -2.16. The summed E-state index contributed by atoms with van der Waals surface area (Å²) in [4.78, 5) is 10.0. The number of aromatic nitrogens is 1. The molecule has 0 saturated carbocycles. The predicted molar refractivity (Wildman–Crippen MR) is 258 cm³/mol. The molecule has 290 valence electrons. The van der Waals surface area contributed by atoms with Crippen molar-refractivity contribution in [3.8, 4) is 27.9 Å². The summed E-state index contributed by atoms with van der Waals surface area (Å²) in [7, 11) is 0. The fourth-order valence-corrected chi connectivity index (χ4v) is 9.25. The van der Waals surface area contributed by atoms with E-state index in [1.807, 2.05) is 48.5 Å². The minimum absolute atomic E-state index is 0.431. The molecule has 1 aliphatic carbocycles. The molecule has 1 aliphatic rings. The molecule has 2 N–H and O–H groups in total. The highest BCUT2D eigenvalue weighted by atomic mass is 15.0. The smallest absolute Gasteiger partial charge is 0.157 e. The van der Waals surface area contributed by atoms with E-state index in [-0.39, 0.29) is 0 Å². The number of fused-ring (bicyclic) bond motifs is 9. The first-order chi connectivity index (χ1) is 30.2. The number of nitrogens with zero attached hydrogens (tertiary/aromatic N) is 3. The molecule has 4 heteroatoms. The molecule has 4 nitrogen and oxygen atoms in total. The molecule has 0 aliphatic heterocycles. The molecule has 61 heavy (non-hydrogen) atoms. The van der Waals surface area contributed by atoms with Crippen molar-refractivity contribution in [3.05, 3.63) is 228 Å². The van der Waals surface area contributed by atoms with Gasteiger partial charge < -0.3 is 10.3 Å². The van der Waals surface area contributed by atoms with Gasteiger partial charge in [0, 0.05) is 33.5 Å². The van der Waals surface area contributed by atoms with Gasteiger partial charge in [-0.3, -0.25) is 4.99 Å². The van der Waals surface area contributed by atoms with Crippen LogP contribution in [0.5, 0.6) is 0 Å². The van der Waals surface area contributed by atoms with Crippen LogP contribution in [0.4, 0.5) is 0 Å². The van der Waals surface area contributed by atoms with E-state index in [4.69, 9.17) is 15.7 Å². The van der Waals surface area contributed by atoms with Gasteiger partial charge in [0.15, 0.2) is 5.84 Å². The van der Waals surface area contributed by atoms with Crippen molar-refractivity contribution < 1.29 is 0 Å². The Morgan fingerprint density at radius 1 is 0.525 bits per heavy atom. The number of para-hydroxylation sites is 1. The largest absolute Gasteiger partial charge is 0.383 e. The van der Waals surface area contributed by atoms with Crippen molar-refractivity contribution in [3.63, 3.8) is 0 Å². The van der Waals surface area contributed by atoms with Crippen molar-refractivity contribution in [1.29, 1.82) is 0 Å². The number of allylic oxidation sites excluding steroid dienone is 1. The summed E-state index contributed by atoms with van der Waals surface area (Å²) >= 11 is 0. The minimum Gasteiger partial charge on any atom is -0.383 e. The van der Waals surface area contributed by atoms with Crippen LogP contribution in [0.2, 0.25) is 0 Å². The number of hydrogen-bond acceptors (Lipinski definition) is 1. The Kier molecular flexibility index (Phi) is 9.16. The summed E-state index contributed by atoms with van der Waals surface area (Å²) in [6, 6.07) is 69.1. The first-order valence-corrected chi connectivity index (χ1v) is 21.0. The summed E-state index contributed by atoms with van der Waals surface area (Å²) in [6.07, 6.45) is 6.71. The molecule has 0 atom stereocenters. The summed E-state index contributed by atoms with van der Waals surface area (Å²) in [5.74, 6) is 1.03. The fourth-order valence-electron chi connectivity index (χ4n) is 9.25. The van der Waals surface area contributed by atoms with Crippen molar-refractivity contribution in [2.75, 3.05) is 0 Å². The van der Waals surface area contributed by atoms with Crippen LogP contribution in [0.3, 0.4) is 0 Å². The lowest BCUT2D eigenvalue weighted by Crippen LogP contribution is -2.16. The maximum Gasteiger partial charge on any atom is 0.157 e. The average Bonchev–Trinajstić information content (AvgIpc) is 3.67. The highest BCUT2D eigenvalue weighted by Gasteiger charge is 2.20. The molecule has 1 heterocycles. The van der Waals surface area contributed by atoms with E-state index in [1.165, 1.54) is 71.3 Å². The van der Waals surface area contributed by atoms with Crippen molar-refractivity contribution in [1.82, 2.24) is 4.57 Å². The maximum absolute atomic E-state index is 6.64. The number of aliphatic imine (C=N–C) groups is 2. The fraction of sp³-hybridized carbons (Fsp3) is 0.0526. The molecule has 0 spiro atoms. The molecule has 11 rings (SSSR count). The number of rotatable bonds is 7. The molecule has 0 saturated heterocycles. The second-order valence-corrected chi connectivity index (χ2v) is 15.8. The minimum atomic E-state index is 0.431. The standard InChI is InChI=1S/C57H42N4/c58-56(39-18-6-2-7-19-39)60-57(59-37-38-16-4-1-5-17-38)43-21-14-20-42(34-43)45-27-15-28-50-46-24-10-11-25-47(46)52-35-40(31-33-51(52)55(45)50)41-30-32-49-48-26-12-13-29-53(48)61(54(49)36-41)44-22-8-3-9-23-44/h1-12,14-28,30-36H,13,29,37H2,(H2,58,59,60). The predicted octanol–water partition coefficient (Wildman–Crippen LogP) is 13.7. The Morgan fingerprint density at radius 3 is 1.97 bits per heavy atom. The van der Waals surface area contributed by atoms with Gasteiger partial charge in [0.25, 0.3) is 0 Å². The molecule has 0 amide bonds. The van der Waals surface area contributed by atoms with Gasteiger partial charge in [0.1, 0.15) is 5.84 Å². The quantitative estimate of drug-likeness (QED) is 0.0977. The van der Waals surface area contributed by atoms with Gasteiger partial charge in [0.2, 0.25) is 0 Å². The third-order valence-electron chi connectivity index (χ3n) is 12.1. The van der Waals surface area contributed by atoms with E-state index in [0.717, 1.165) is 40.7 Å². The molecule has 0 fully saturated rings. The molecule has 9 aromatic carbocycles. The average molecular weight is 783 g/mol.